The number of ketones is 4. The number of nitrogens with one attached hydrogen (secondary N) is 2. The lowest BCUT2D eigenvalue weighted by atomic mass is 9.66. The Balaban J connectivity index is 1.19. The van der Waals surface area contributed by atoms with Crippen LogP contribution in [0.5, 0.6) is 0 Å². The van der Waals surface area contributed by atoms with E-state index in [1.54, 1.807) is 0 Å². The molecule has 0 saturated heterocycles. The third-order valence-electron chi connectivity index (χ3n) is 14.3. The molecular weight excluding hydrogens is 649 g/mol. The molecule has 8 heteroatoms. The van der Waals surface area contributed by atoms with Crippen molar-refractivity contribution in [2.24, 2.45) is 23.7 Å². The maximum Gasteiger partial charge on any atom is 0.145 e. The zero-order valence-corrected chi connectivity index (χ0v) is 28.4. The molecule has 254 valence electrons. The Hall–Kier alpha value is -5.24. The Labute approximate surface area is 298 Å². The number of allylic oxidation sites excluding steroid dienone is 8. The molecule has 2 saturated carbocycles. The molecule has 12 aliphatic carbocycles. The van der Waals surface area contributed by atoms with Crippen LogP contribution in [0.4, 0.5) is 0 Å². The lowest BCUT2D eigenvalue weighted by Gasteiger charge is -2.35. The Morgan fingerprint density at radius 2 is 0.885 bits per heavy atom. The van der Waals surface area contributed by atoms with Gasteiger partial charge in [-0.1, -0.05) is 24.3 Å². The van der Waals surface area contributed by atoms with E-state index in [0.717, 1.165) is 104 Å². The van der Waals surface area contributed by atoms with Crippen molar-refractivity contribution in [1.82, 2.24) is 19.9 Å². The van der Waals surface area contributed by atoms with Crippen molar-refractivity contribution in [3.63, 3.8) is 0 Å². The average molecular weight is 683 g/mol. The predicted octanol–water partition coefficient (Wildman–Crippen LogP) is 7.55. The van der Waals surface area contributed by atoms with E-state index in [0.29, 0.717) is 37.2 Å². The normalized spacial score (nSPS) is 32.6. The van der Waals surface area contributed by atoms with Crippen LogP contribution in [0, 0.1) is 23.7 Å². The summed E-state index contributed by atoms with van der Waals surface area (Å²) < 4.78 is 0. The second kappa shape index (κ2) is 9.40. The second-order valence-corrected chi connectivity index (χ2v) is 16.8. The number of rotatable bonds is 0. The number of fused-ring (bicyclic) bond motifs is 14. The highest BCUT2D eigenvalue weighted by Crippen LogP contribution is 2.56. The van der Waals surface area contributed by atoms with E-state index in [2.05, 4.69) is 52.5 Å². The molecule has 0 aromatic carbocycles. The molecule has 3 aromatic heterocycles. The molecule has 0 radical (unpaired) electrons. The number of hydrogen-bond donors (Lipinski definition) is 2. The standard InChI is InChI=1S/C44H34N4O4/c49-33-9-17-1-5-21(33)41-29-14-26-38-18-3-7-23(35(51)10-18)43(38)31(47-26)16-28-40-20-4-8-24(36(52)12-20)44(40)32(48-28)15-27-39-19-2-6-22(34(50)11-19)42(39)30(46-27)13-25(45-29)37(17)41/h1-2,5-6,13-24,47-48H,3-4,7-12H2/t17?,18?,19-,20?,21-,22?,23?,24?/m0/s1. The van der Waals surface area contributed by atoms with E-state index < -0.39 is 0 Å². The summed E-state index contributed by atoms with van der Waals surface area (Å²) in [6.45, 7) is 0. The van der Waals surface area contributed by atoms with Crippen LogP contribution in [0.15, 0.2) is 48.6 Å². The summed E-state index contributed by atoms with van der Waals surface area (Å²) in [5, 5.41) is 0. The topological polar surface area (TPSA) is 126 Å². The van der Waals surface area contributed by atoms with Gasteiger partial charge in [0.25, 0.3) is 0 Å². The van der Waals surface area contributed by atoms with E-state index in [-0.39, 0.29) is 58.9 Å². The first-order valence-electron chi connectivity index (χ1n) is 19.2. The van der Waals surface area contributed by atoms with Gasteiger partial charge in [-0.2, -0.15) is 0 Å². The predicted molar refractivity (Wildman–Crippen MR) is 195 cm³/mol. The van der Waals surface area contributed by atoms with Crippen LogP contribution < -0.4 is 0 Å². The smallest absolute Gasteiger partial charge is 0.145 e. The fourth-order valence-corrected chi connectivity index (χ4v) is 12.3. The number of aromatic nitrogens is 4. The van der Waals surface area contributed by atoms with Crippen molar-refractivity contribution < 1.29 is 19.2 Å². The van der Waals surface area contributed by atoms with Gasteiger partial charge in [0.05, 0.1) is 34.6 Å². The molecule has 17 rings (SSSR count). The average Bonchev–Trinajstić information content (AvgIpc) is 3.90. The Morgan fingerprint density at radius 1 is 0.442 bits per heavy atom. The van der Waals surface area contributed by atoms with Crippen LogP contribution in [0.1, 0.15) is 120 Å². The quantitative estimate of drug-likeness (QED) is 0.236. The van der Waals surface area contributed by atoms with Gasteiger partial charge in [-0.25, -0.2) is 9.97 Å². The number of nitrogens with zero attached hydrogens (tertiary/aromatic N) is 2. The zero-order valence-electron chi connectivity index (χ0n) is 28.4. The van der Waals surface area contributed by atoms with Crippen LogP contribution >= 0.6 is 0 Å². The minimum Gasteiger partial charge on any atom is -0.355 e. The Morgan fingerprint density at radius 3 is 1.40 bits per heavy atom. The molecule has 2 N–H and O–H groups in total. The largest absolute Gasteiger partial charge is 0.355 e. The van der Waals surface area contributed by atoms with Gasteiger partial charge in [0.15, 0.2) is 0 Å². The molecule has 0 spiro atoms. The van der Waals surface area contributed by atoms with Gasteiger partial charge in [0.1, 0.15) is 23.1 Å². The van der Waals surface area contributed by atoms with Crippen molar-refractivity contribution in [1.29, 1.82) is 0 Å². The minimum atomic E-state index is -0.349. The van der Waals surface area contributed by atoms with Crippen molar-refractivity contribution in [2.45, 2.75) is 75.0 Å². The molecule has 3 aromatic rings. The van der Waals surface area contributed by atoms with Crippen molar-refractivity contribution in [2.75, 3.05) is 0 Å². The molecule has 8 atom stereocenters. The SMILES string of the molecule is O=C1C[C@@H]2C=CC1C1=C2c2cc3[nH]c(cc4[nH]c(cc5nc(cc1n2)C1=C5[C@H]2C=CC1CC2=O)c1c4C2CCC1CC2=O)c1c3C2CCC1CC2=O. The summed E-state index contributed by atoms with van der Waals surface area (Å²) in [5.41, 5.74) is 15.9. The summed E-state index contributed by atoms with van der Waals surface area (Å²) in [4.78, 5) is 72.1. The Kier molecular flexibility index (Phi) is 5.13. The number of hydrogen-bond acceptors (Lipinski definition) is 6. The van der Waals surface area contributed by atoms with Crippen molar-refractivity contribution in [3.8, 4) is 0 Å². The number of H-pyrrole nitrogens is 2. The molecule has 6 unspecified atom stereocenters. The minimum absolute atomic E-state index is 0.0519. The monoisotopic (exact) mass is 682 g/mol. The van der Waals surface area contributed by atoms with Gasteiger partial charge in [0.2, 0.25) is 0 Å². The highest BCUT2D eigenvalue weighted by molar-refractivity contribution is 6.13. The van der Waals surface area contributed by atoms with Crippen LogP contribution in [-0.2, 0) is 19.2 Å². The van der Waals surface area contributed by atoms with Gasteiger partial charge >= 0.3 is 0 Å². The maximum absolute atomic E-state index is 13.5. The van der Waals surface area contributed by atoms with Crippen LogP contribution in [0.2, 0.25) is 0 Å². The van der Waals surface area contributed by atoms with Crippen molar-refractivity contribution >= 4 is 67.5 Å². The first-order chi connectivity index (χ1) is 25.4. The van der Waals surface area contributed by atoms with Gasteiger partial charge in [-0.05, 0) is 106 Å². The number of aromatic amines is 2. The van der Waals surface area contributed by atoms with Crippen molar-refractivity contribution in [3.05, 3.63) is 93.6 Å². The highest BCUT2D eigenvalue weighted by atomic mass is 16.1. The van der Waals surface area contributed by atoms with Gasteiger partial charge < -0.3 is 9.97 Å². The van der Waals surface area contributed by atoms with E-state index in [1.165, 1.54) is 11.1 Å². The lowest BCUT2D eigenvalue weighted by Crippen LogP contribution is -2.29. The van der Waals surface area contributed by atoms with E-state index >= 15 is 0 Å². The molecule has 16 bridgehead atoms. The van der Waals surface area contributed by atoms with Gasteiger partial charge in [0, 0.05) is 71.4 Å². The second-order valence-electron chi connectivity index (χ2n) is 16.8. The molecule has 5 heterocycles. The fourth-order valence-electron chi connectivity index (χ4n) is 12.3. The van der Waals surface area contributed by atoms with Gasteiger partial charge in [-0.15, -0.1) is 0 Å². The molecule has 0 amide bonds. The summed E-state index contributed by atoms with van der Waals surface area (Å²) in [7, 11) is 0. The lowest BCUT2D eigenvalue weighted by molar-refractivity contribution is -0.123. The first kappa shape index (κ1) is 28.4. The molecule has 2 aliphatic heterocycles. The third-order valence-corrected chi connectivity index (χ3v) is 14.3. The molecule has 8 nitrogen and oxygen atoms in total. The third kappa shape index (κ3) is 3.40. The van der Waals surface area contributed by atoms with Crippen LogP contribution in [-0.4, -0.2) is 43.1 Å². The summed E-state index contributed by atoms with van der Waals surface area (Å²) in [6.07, 6.45) is 14.1. The van der Waals surface area contributed by atoms with Crippen LogP contribution in [0.3, 0.4) is 0 Å². The molecular formula is C44H34N4O4. The number of Topliss-reactive ketones (excluding diaryl/α,β-unsaturated/α-hetero) is 4. The maximum atomic E-state index is 13.5. The fraction of sp³-hybridized carbons (Fsp3) is 0.364. The van der Waals surface area contributed by atoms with E-state index in [4.69, 9.17) is 9.97 Å². The number of carbonyl (C=O) groups excluding carboxylic acids is 4. The number of carbonyl (C=O) groups is 4. The summed E-state index contributed by atoms with van der Waals surface area (Å²) in [5.74, 6) is 0.275. The Bertz CT molecular complexity index is 2680. The highest BCUT2D eigenvalue weighted by Gasteiger charge is 2.47. The first-order valence-corrected chi connectivity index (χ1v) is 19.2. The molecule has 14 aliphatic rings. The van der Waals surface area contributed by atoms with E-state index in [9.17, 15) is 19.2 Å². The molecule has 52 heavy (non-hydrogen) atoms. The zero-order chi connectivity index (χ0) is 34.3. The summed E-state index contributed by atoms with van der Waals surface area (Å²) >= 11 is 0. The van der Waals surface area contributed by atoms with Gasteiger partial charge in [-0.3, -0.25) is 19.2 Å². The van der Waals surface area contributed by atoms with Crippen LogP contribution in [0.25, 0.3) is 44.4 Å². The molecule has 2 fully saturated rings. The summed E-state index contributed by atoms with van der Waals surface area (Å²) in [6, 6.07) is 8.57. The van der Waals surface area contributed by atoms with E-state index in [1.807, 2.05) is 6.08 Å².